The van der Waals surface area contributed by atoms with E-state index < -0.39 is 0 Å². The standard InChI is InChI=1S/C16H28N2O/c1-5-11-18(14(2)3)12-16(13-19,17-4)15-9-7-6-8-10-15/h6-10,14,17,19H,5,11-13H2,1-4H3. The summed E-state index contributed by atoms with van der Waals surface area (Å²) in [5.74, 6) is 0. The summed E-state index contributed by atoms with van der Waals surface area (Å²) in [6.45, 7) is 8.57. The molecule has 0 aromatic heterocycles. The Morgan fingerprint density at radius 1 is 1.26 bits per heavy atom. The summed E-state index contributed by atoms with van der Waals surface area (Å²) in [4.78, 5) is 2.42. The summed E-state index contributed by atoms with van der Waals surface area (Å²) >= 11 is 0. The highest BCUT2D eigenvalue weighted by Gasteiger charge is 2.32. The fourth-order valence-corrected chi connectivity index (χ4v) is 2.45. The third-order valence-electron chi connectivity index (χ3n) is 3.79. The van der Waals surface area contributed by atoms with Crippen molar-refractivity contribution < 1.29 is 5.11 Å². The van der Waals surface area contributed by atoms with E-state index in [-0.39, 0.29) is 12.1 Å². The zero-order valence-corrected chi connectivity index (χ0v) is 12.7. The van der Waals surface area contributed by atoms with Crippen LogP contribution in [0.15, 0.2) is 30.3 Å². The van der Waals surface area contributed by atoms with Crippen LogP contribution in [-0.2, 0) is 5.54 Å². The fraction of sp³-hybridized carbons (Fsp3) is 0.625. The second-order valence-electron chi connectivity index (χ2n) is 5.42. The van der Waals surface area contributed by atoms with Gasteiger partial charge in [0, 0.05) is 12.6 Å². The van der Waals surface area contributed by atoms with Gasteiger partial charge >= 0.3 is 0 Å². The third kappa shape index (κ3) is 4.03. The van der Waals surface area contributed by atoms with Gasteiger partial charge in [-0.1, -0.05) is 37.3 Å². The van der Waals surface area contributed by atoms with Gasteiger partial charge in [0.2, 0.25) is 0 Å². The zero-order chi connectivity index (χ0) is 14.3. The molecule has 0 saturated carbocycles. The number of rotatable bonds is 8. The SMILES string of the molecule is CCCN(CC(CO)(NC)c1ccccc1)C(C)C. The molecule has 3 heteroatoms. The molecule has 0 saturated heterocycles. The Labute approximate surface area is 117 Å². The Morgan fingerprint density at radius 3 is 2.32 bits per heavy atom. The normalized spacial score (nSPS) is 14.9. The average Bonchev–Trinajstić information content (AvgIpc) is 2.44. The maximum atomic E-state index is 9.94. The molecule has 0 aliphatic carbocycles. The lowest BCUT2D eigenvalue weighted by Crippen LogP contribution is -2.53. The largest absolute Gasteiger partial charge is 0.394 e. The van der Waals surface area contributed by atoms with E-state index in [2.05, 4.69) is 43.1 Å². The van der Waals surface area contributed by atoms with E-state index in [0.29, 0.717) is 6.04 Å². The number of nitrogens with zero attached hydrogens (tertiary/aromatic N) is 1. The van der Waals surface area contributed by atoms with Crippen molar-refractivity contribution >= 4 is 0 Å². The van der Waals surface area contributed by atoms with Crippen molar-refractivity contribution in [3.8, 4) is 0 Å². The molecule has 0 heterocycles. The lowest BCUT2D eigenvalue weighted by molar-refractivity contribution is 0.0959. The maximum Gasteiger partial charge on any atom is 0.0795 e. The van der Waals surface area contributed by atoms with Crippen molar-refractivity contribution in [2.24, 2.45) is 0 Å². The van der Waals surface area contributed by atoms with Gasteiger partial charge in [-0.15, -0.1) is 0 Å². The topological polar surface area (TPSA) is 35.5 Å². The van der Waals surface area contributed by atoms with E-state index >= 15 is 0 Å². The highest BCUT2D eigenvalue weighted by Crippen LogP contribution is 2.22. The molecule has 0 aliphatic heterocycles. The monoisotopic (exact) mass is 264 g/mol. The molecule has 1 aromatic carbocycles. The number of hydrogen-bond donors (Lipinski definition) is 2. The van der Waals surface area contributed by atoms with Crippen LogP contribution in [0.2, 0.25) is 0 Å². The smallest absolute Gasteiger partial charge is 0.0795 e. The first-order chi connectivity index (χ1) is 9.09. The summed E-state index contributed by atoms with van der Waals surface area (Å²) < 4.78 is 0. The van der Waals surface area contributed by atoms with Crippen LogP contribution >= 0.6 is 0 Å². The van der Waals surface area contributed by atoms with Crippen LogP contribution < -0.4 is 5.32 Å². The summed E-state index contributed by atoms with van der Waals surface area (Å²) in [6.07, 6.45) is 1.12. The average molecular weight is 264 g/mol. The van der Waals surface area contributed by atoms with Crippen molar-refractivity contribution in [3.63, 3.8) is 0 Å². The molecular formula is C16H28N2O. The molecule has 1 aromatic rings. The second-order valence-corrected chi connectivity index (χ2v) is 5.42. The Balaban J connectivity index is 2.99. The number of benzene rings is 1. The first kappa shape index (κ1) is 16.2. The lowest BCUT2D eigenvalue weighted by atomic mass is 9.89. The summed E-state index contributed by atoms with van der Waals surface area (Å²) in [5.41, 5.74) is 0.752. The van der Waals surface area contributed by atoms with Gasteiger partial charge in [0.15, 0.2) is 0 Å². The van der Waals surface area contributed by atoms with Crippen LogP contribution in [0.5, 0.6) is 0 Å². The number of aliphatic hydroxyl groups is 1. The lowest BCUT2D eigenvalue weighted by Gasteiger charge is -2.39. The summed E-state index contributed by atoms with van der Waals surface area (Å²) in [6, 6.07) is 10.7. The van der Waals surface area contributed by atoms with E-state index in [4.69, 9.17) is 0 Å². The Bertz CT molecular complexity index is 347. The molecule has 3 nitrogen and oxygen atoms in total. The quantitative estimate of drug-likeness (QED) is 0.756. The van der Waals surface area contributed by atoms with Gasteiger partial charge < -0.3 is 10.4 Å². The van der Waals surface area contributed by atoms with Crippen LogP contribution in [0.4, 0.5) is 0 Å². The van der Waals surface area contributed by atoms with Gasteiger partial charge in [-0.2, -0.15) is 0 Å². The van der Waals surface area contributed by atoms with Crippen molar-refractivity contribution in [2.75, 3.05) is 26.7 Å². The molecule has 0 aliphatic rings. The van der Waals surface area contributed by atoms with E-state index in [1.807, 2.05) is 25.2 Å². The number of likely N-dealkylation sites (N-methyl/N-ethyl adjacent to an activating group) is 1. The number of aliphatic hydroxyl groups excluding tert-OH is 1. The Morgan fingerprint density at radius 2 is 1.89 bits per heavy atom. The van der Waals surface area contributed by atoms with Crippen molar-refractivity contribution in [2.45, 2.75) is 38.8 Å². The van der Waals surface area contributed by atoms with E-state index in [1.165, 1.54) is 0 Å². The predicted octanol–water partition coefficient (Wildman–Crippen LogP) is 2.21. The van der Waals surface area contributed by atoms with E-state index in [9.17, 15) is 5.11 Å². The first-order valence-electron chi connectivity index (χ1n) is 7.19. The molecule has 19 heavy (non-hydrogen) atoms. The van der Waals surface area contributed by atoms with Gasteiger partial charge in [0.1, 0.15) is 0 Å². The van der Waals surface area contributed by atoms with Gasteiger partial charge in [-0.25, -0.2) is 0 Å². The van der Waals surface area contributed by atoms with Crippen LogP contribution in [0.25, 0.3) is 0 Å². The maximum absolute atomic E-state index is 9.94. The minimum Gasteiger partial charge on any atom is -0.394 e. The molecule has 108 valence electrons. The van der Waals surface area contributed by atoms with Crippen LogP contribution in [-0.4, -0.2) is 42.8 Å². The zero-order valence-electron chi connectivity index (χ0n) is 12.7. The predicted molar refractivity (Wildman–Crippen MR) is 81.3 cm³/mol. The minimum absolute atomic E-state index is 0.0977. The van der Waals surface area contributed by atoms with Gasteiger partial charge in [0.25, 0.3) is 0 Å². The van der Waals surface area contributed by atoms with Crippen LogP contribution in [0.3, 0.4) is 0 Å². The van der Waals surface area contributed by atoms with E-state index in [1.54, 1.807) is 0 Å². The van der Waals surface area contributed by atoms with Crippen molar-refractivity contribution in [3.05, 3.63) is 35.9 Å². The first-order valence-corrected chi connectivity index (χ1v) is 7.19. The summed E-state index contributed by atoms with van der Waals surface area (Å²) in [5, 5.41) is 13.3. The molecule has 1 unspecified atom stereocenters. The molecule has 1 atom stereocenters. The van der Waals surface area contributed by atoms with Crippen molar-refractivity contribution in [1.82, 2.24) is 10.2 Å². The Kier molecular flexibility index (Phi) is 6.49. The highest BCUT2D eigenvalue weighted by molar-refractivity contribution is 5.25. The molecule has 0 amide bonds. The van der Waals surface area contributed by atoms with Gasteiger partial charge in [-0.3, -0.25) is 4.90 Å². The molecule has 0 radical (unpaired) electrons. The molecule has 0 fully saturated rings. The highest BCUT2D eigenvalue weighted by atomic mass is 16.3. The number of nitrogens with one attached hydrogen (secondary N) is 1. The molecule has 2 N–H and O–H groups in total. The van der Waals surface area contributed by atoms with Gasteiger partial charge in [-0.05, 0) is 39.4 Å². The van der Waals surface area contributed by atoms with Crippen molar-refractivity contribution in [1.29, 1.82) is 0 Å². The third-order valence-corrected chi connectivity index (χ3v) is 3.79. The molecular weight excluding hydrogens is 236 g/mol. The fourth-order valence-electron chi connectivity index (χ4n) is 2.45. The summed E-state index contributed by atoms with van der Waals surface area (Å²) in [7, 11) is 1.92. The molecule has 1 rings (SSSR count). The van der Waals surface area contributed by atoms with Crippen LogP contribution in [0, 0.1) is 0 Å². The van der Waals surface area contributed by atoms with Crippen LogP contribution in [0.1, 0.15) is 32.8 Å². The van der Waals surface area contributed by atoms with E-state index in [0.717, 1.165) is 25.1 Å². The Hall–Kier alpha value is -0.900. The number of hydrogen-bond acceptors (Lipinski definition) is 3. The minimum atomic E-state index is -0.388. The van der Waals surface area contributed by atoms with Gasteiger partial charge in [0.05, 0.1) is 12.1 Å². The molecule has 0 bridgehead atoms. The molecule has 0 spiro atoms. The second kappa shape index (κ2) is 7.63.